The molecule has 0 saturated heterocycles. The monoisotopic (exact) mass is 308 g/mol. The van der Waals surface area contributed by atoms with E-state index in [1.54, 1.807) is 18.2 Å². The fourth-order valence-electron chi connectivity index (χ4n) is 2.10. The lowest BCUT2D eigenvalue weighted by Gasteiger charge is -2.07. The number of rotatable bonds is 4. The Morgan fingerprint density at radius 1 is 1.23 bits per heavy atom. The van der Waals surface area contributed by atoms with Crippen LogP contribution in [-0.4, -0.2) is 10.5 Å². The summed E-state index contributed by atoms with van der Waals surface area (Å²) in [5, 5.41) is 10.7. The molecular formula is C17H12N2O2S. The molecule has 4 nitrogen and oxygen atoms in total. The van der Waals surface area contributed by atoms with E-state index >= 15 is 0 Å². The number of carbonyl (C=O) groups excluding carboxylic acids is 1. The van der Waals surface area contributed by atoms with E-state index in [2.05, 4.69) is 6.07 Å². The number of nitrogens with zero attached hydrogens (tertiary/aromatic N) is 2. The minimum atomic E-state index is -0.360. The smallest absolute Gasteiger partial charge is 0.350 e. The van der Waals surface area contributed by atoms with Crippen molar-refractivity contribution in [2.75, 3.05) is 0 Å². The van der Waals surface area contributed by atoms with Gasteiger partial charge in [0.2, 0.25) is 0 Å². The van der Waals surface area contributed by atoms with Gasteiger partial charge in [0.15, 0.2) is 0 Å². The van der Waals surface area contributed by atoms with Crippen molar-refractivity contribution < 1.29 is 9.53 Å². The van der Waals surface area contributed by atoms with Gasteiger partial charge in [-0.05, 0) is 41.3 Å². The first kappa shape index (κ1) is 14.1. The van der Waals surface area contributed by atoms with Gasteiger partial charge in [0.1, 0.15) is 11.5 Å². The van der Waals surface area contributed by atoms with Crippen molar-refractivity contribution >= 4 is 17.3 Å². The van der Waals surface area contributed by atoms with Crippen molar-refractivity contribution in [1.82, 2.24) is 4.57 Å². The average molecular weight is 308 g/mol. The van der Waals surface area contributed by atoms with Crippen LogP contribution in [0.2, 0.25) is 0 Å². The van der Waals surface area contributed by atoms with Crippen LogP contribution in [0.1, 0.15) is 20.8 Å². The first-order valence-electron chi connectivity index (χ1n) is 6.65. The number of ether oxygens (including phenoxy) is 1. The molecule has 0 aliphatic carbocycles. The zero-order valence-corrected chi connectivity index (χ0v) is 12.4. The summed E-state index contributed by atoms with van der Waals surface area (Å²) in [7, 11) is 0. The predicted octanol–water partition coefficient (Wildman–Crippen LogP) is 3.77. The van der Waals surface area contributed by atoms with Crippen LogP contribution in [-0.2, 0) is 11.3 Å². The van der Waals surface area contributed by atoms with E-state index in [1.165, 1.54) is 11.3 Å². The summed E-state index contributed by atoms with van der Waals surface area (Å²) < 4.78 is 7.24. The molecule has 5 heteroatoms. The van der Waals surface area contributed by atoms with E-state index < -0.39 is 0 Å². The lowest BCUT2D eigenvalue weighted by Crippen LogP contribution is -2.06. The number of hydrogen-bond acceptors (Lipinski definition) is 4. The van der Waals surface area contributed by atoms with E-state index in [-0.39, 0.29) is 12.6 Å². The Morgan fingerprint density at radius 2 is 2.05 bits per heavy atom. The first-order valence-corrected chi connectivity index (χ1v) is 7.53. The second kappa shape index (κ2) is 6.29. The highest BCUT2D eigenvalue weighted by Gasteiger charge is 2.15. The Hall–Kier alpha value is -2.84. The molecule has 0 N–H and O–H groups in total. The molecule has 1 aromatic carbocycles. The molecule has 0 bridgehead atoms. The molecule has 3 aromatic rings. The Kier molecular flexibility index (Phi) is 4.03. The van der Waals surface area contributed by atoms with Crippen molar-refractivity contribution in [3.63, 3.8) is 0 Å². The summed E-state index contributed by atoms with van der Waals surface area (Å²) in [6, 6.07) is 14.8. The molecule has 3 rings (SSSR count). The molecule has 0 unspecified atom stereocenters. The van der Waals surface area contributed by atoms with Gasteiger partial charge in [0.25, 0.3) is 0 Å². The van der Waals surface area contributed by atoms with Crippen LogP contribution in [0.25, 0.3) is 5.69 Å². The van der Waals surface area contributed by atoms with Crippen LogP contribution >= 0.6 is 11.3 Å². The fourth-order valence-corrected chi connectivity index (χ4v) is 2.88. The van der Waals surface area contributed by atoms with Crippen LogP contribution in [0, 0.1) is 11.3 Å². The molecule has 0 saturated carbocycles. The lowest BCUT2D eigenvalue weighted by atomic mass is 10.1. The summed E-state index contributed by atoms with van der Waals surface area (Å²) >= 11 is 1.35. The molecule has 0 amide bonds. The standard InChI is InChI=1S/C17H12N2O2S/c18-11-13-4-3-5-14(10-13)12-21-17(20)16-15(6-9-22-16)19-7-1-2-8-19/h1-10H,12H2. The zero-order chi connectivity index (χ0) is 15.4. The van der Waals surface area contributed by atoms with Gasteiger partial charge in [0.05, 0.1) is 17.3 Å². The van der Waals surface area contributed by atoms with Crippen LogP contribution < -0.4 is 0 Å². The van der Waals surface area contributed by atoms with Crippen molar-refractivity contribution in [1.29, 1.82) is 5.26 Å². The number of carbonyl (C=O) groups is 1. The Labute approximate surface area is 131 Å². The fraction of sp³-hybridized carbons (Fsp3) is 0.0588. The van der Waals surface area contributed by atoms with Gasteiger partial charge in [-0.2, -0.15) is 5.26 Å². The van der Waals surface area contributed by atoms with E-state index in [9.17, 15) is 4.79 Å². The molecule has 0 radical (unpaired) electrons. The Morgan fingerprint density at radius 3 is 2.82 bits per heavy atom. The first-order chi connectivity index (χ1) is 10.8. The maximum Gasteiger partial charge on any atom is 0.350 e. The lowest BCUT2D eigenvalue weighted by molar-refractivity contribution is 0.0478. The van der Waals surface area contributed by atoms with Crippen molar-refractivity contribution in [3.8, 4) is 11.8 Å². The number of thiophene rings is 1. The zero-order valence-electron chi connectivity index (χ0n) is 11.6. The van der Waals surface area contributed by atoms with Crippen molar-refractivity contribution in [2.24, 2.45) is 0 Å². The van der Waals surface area contributed by atoms with Crippen LogP contribution in [0.15, 0.2) is 60.2 Å². The highest BCUT2D eigenvalue weighted by molar-refractivity contribution is 7.12. The molecule has 2 aromatic heterocycles. The van der Waals surface area contributed by atoms with Gasteiger partial charge in [-0.15, -0.1) is 11.3 Å². The molecule has 108 valence electrons. The van der Waals surface area contributed by atoms with Gasteiger partial charge < -0.3 is 9.30 Å². The third-order valence-electron chi connectivity index (χ3n) is 3.14. The van der Waals surface area contributed by atoms with Crippen molar-refractivity contribution in [3.05, 3.63) is 76.2 Å². The topological polar surface area (TPSA) is 55.0 Å². The third-order valence-corrected chi connectivity index (χ3v) is 4.02. The van der Waals surface area contributed by atoms with Crippen LogP contribution in [0.5, 0.6) is 0 Å². The van der Waals surface area contributed by atoms with E-state index in [4.69, 9.17) is 10.00 Å². The average Bonchev–Trinajstić information content (AvgIpc) is 3.23. The second-order valence-electron chi connectivity index (χ2n) is 4.61. The molecule has 2 heterocycles. The summed E-state index contributed by atoms with van der Waals surface area (Å²) in [5.74, 6) is -0.360. The molecule has 0 fully saturated rings. The number of esters is 1. The largest absolute Gasteiger partial charge is 0.457 e. The quantitative estimate of drug-likeness (QED) is 0.689. The summed E-state index contributed by atoms with van der Waals surface area (Å²) in [6.07, 6.45) is 3.77. The second-order valence-corrected chi connectivity index (χ2v) is 5.53. The number of nitriles is 1. The van der Waals surface area contributed by atoms with Crippen LogP contribution in [0.3, 0.4) is 0 Å². The van der Waals surface area contributed by atoms with E-state index in [0.29, 0.717) is 10.4 Å². The van der Waals surface area contributed by atoms with Gasteiger partial charge in [-0.3, -0.25) is 0 Å². The predicted molar refractivity (Wildman–Crippen MR) is 83.9 cm³/mol. The van der Waals surface area contributed by atoms with Gasteiger partial charge in [-0.1, -0.05) is 12.1 Å². The normalized spacial score (nSPS) is 10.1. The summed E-state index contributed by atoms with van der Waals surface area (Å²) in [4.78, 5) is 12.8. The maximum atomic E-state index is 12.3. The third kappa shape index (κ3) is 2.92. The highest BCUT2D eigenvalue weighted by atomic mass is 32.1. The molecule has 0 spiro atoms. The van der Waals surface area contributed by atoms with Gasteiger partial charge >= 0.3 is 5.97 Å². The Balaban J connectivity index is 1.73. The van der Waals surface area contributed by atoms with Gasteiger partial charge in [-0.25, -0.2) is 4.79 Å². The SMILES string of the molecule is N#Cc1cccc(COC(=O)c2sccc2-n2cccc2)c1. The molecular weight excluding hydrogens is 296 g/mol. The van der Waals surface area contributed by atoms with Crippen molar-refractivity contribution in [2.45, 2.75) is 6.61 Å². The molecule has 0 aliphatic rings. The molecule has 22 heavy (non-hydrogen) atoms. The maximum absolute atomic E-state index is 12.3. The minimum Gasteiger partial charge on any atom is -0.457 e. The summed E-state index contributed by atoms with van der Waals surface area (Å²) in [5.41, 5.74) is 2.16. The van der Waals surface area contributed by atoms with E-state index in [1.807, 2.05) is 46.6 Å². The number of aromatic nitrogens is 1. The van der Waals surface area contributed by atoms with Crippen LogP contribution in [0.4, 0.5) is 0 Å². The minimum absolute atomic E-state index is 0.150. The Bertz CT molecular complexity index is 828. The van der Waals surface area contributed by atoms with Gasteiger partial charge in [0, 0.05) is 12.4 Å². The molecule has 0 atom stereocenters. The summed E-state index contributed by atoms with van der Waals surface area (Å²) in [6.45, 7) is 0.150. The van der Waals surface area contributed by atoms with E-state index in [0.717, 1.165) is 11.3 Å². The number of hydrogen-bond donors (Lipinski definition) is 0. The number of benzene rings is 1. The highest BCUT2D eigenvalue weighted by Crippen LogP contribution is 2.22. The molecule has 0 aliphatic heterocycles.